The van der Waals surface area contributed by atoms with Crippen molar-refractivity contribution in [3.8, 4) is 5.75 Å². The van der Waals surface area contributed by atoms with Crippen molar-refractivity contribution in [3.63, 3.8) is 0 Å². The van der Waals surface area contributed by atoms with Gasteiger partial charge in [0, 0.05) is 5.92 Å². The van der Waals surface area contributed by atoms with Crippen LogP contribution in [0.25, 0.3) is 0 Å². The van der Waals surface area contributed by atoms with E-state index in [9.17, 15) is 5.11 Å². The molecule has 0 amide bonds. The Morgan fingerprint density at radius 2 is 0.641 bits per heavy atom. The van der Waals surface area contributed by atoms with Crippen LogP contribution in [0, 0.1) is 0 Å². The Labute approximate surface area is 230 Å². The average molecular weight is 503 g/mol. The molecule has 0 spiro atoms. The lowest BCUT2D eigenvalue weighted by atomic mass is 9.65. The summed E-state index contributed by atoms with van der Waals surface area (Å²) >= 11 is 0. The molecule has 39 heavy (non-hydrogen) atoms. The van der Waals surface area contributed by atoms with E-state index in [0.717, 1.165) is 5.56 Å². The zero-order valence-electron chi connectivity index (χ0n) is 21.7. The Morgan fingerprint density at radius 1 is 0.333 bits per heavy atom. The standard InChI is InChI=1S/C38H30O/c39-36-27-23-31(24-28-36)37(29-13-5-1-6-14-29)30-21-25-35(26-22-30)38(32-15-7-2-8-16-32,33-17-9-3-10-18-33)34-19-11-4-12-20-34/h1-28,37,39H. The molecular weight excluding hydrogens is 472 g/mol. The summed E-state index contributed by atoms with van der Waals surface area (Å²) in [5.74, 6) is 0.333. The SMILES string of the molecule is Oc1ccc(C(c2ccccc2)c2ccc(C(c3ccccc3)(c3ccccc3)c3ccccc3)cc2)cc1. The van der Waals surface area contributed by atoms with Gasteiger partial charge >= 0.3 is 0 Å². The minimum Gasteiger partial charge on any atom is -0.508 e. The lowest BCUT2D eigenvalue weighted by Crippen LogP contribution is -2.31. The smallest absolute Gasteiger partial charge is 0.115 e. The number of aromatic hydroxyl groups is 1. The second kappa shape index (κ2) is 10.8. The first-order valence-electron chi connectivity index (χ1n) is 13.4. The van der Waals surface area contributed by atoms with Crippen molar-refractivity contribution in [1.29, 1.82) is 0 Å². The fourth-order valence-electron chi connectivity index (χ4n) is 5.88. The van der Waals surface area contributed by atoms with Crippen molar-refractivity contribution in [2.24, 2.45) is 0 Å². The van der Waals surface area contributed by atoms with Gasteiger partial charge in [0.2, 0.25) is 0 Å². The number of phenols is 1. The second-order valence-electron chi connectivity index (χ2n) is 9.91. The van der Waals surface area contributed by atoms with E-state index in [0.29, 0.717) is 0 Å². The highest BCUT2D eigenvalue weighted by Gasteiger charge is 2.38. The monoisotopic (exact) mass is 502 g/mol. The molecule has 6 rings (SSSR count). The molecule has 0 saturated carbocycles. The minimum atomic E-state index is -0.469. The van der Waals surface area contributed by atoms with E-state index < -0.39 is 5.41 Å². The Bertz CT molecular complexity index is 1510. The summed E-state index contributed by atoms with van der Waals surface area (Å²) in [7, 11) is 0. The van der Waals surface area contributed by atoms with E-state index in [-0.39, 0.29) is 11.7 Å². The van der Waals surface area contributed by atoms with E-state index in [1.165, 1.54) is 33.4 Å². The van der Waals surface area contributed by atoms with Crippen LogP contribution in [0.1, 0.15) is 44.9 Å². The first kappa shape index (κ1) is 24.5. The molecule has 1 unspecified atom stereocenters. The van der Waals surface area contributed by atoms with Crippen LogP contribution in [-0.4, -0.2) is 5.11 Å². The van der Waals surface area contributed by atoms with Crippen LogP contribution in [0.3, 0.4) is 0 Å². The highest BCUT2D eigenvalue weighted by atomic mass is 16.3. The molecule has 0 saturated heterocycles. The molecule has 6 aromatic rings. The molecule has 6 aromatic carbocycles. The van der Waals surface area contributed by atoms with Crippen LogP contribution in [0.2, 0.25) is 0 Å². The van der Waals surface area contributed by atoms with Gasteiger partial charge in [0.05, 0.1) is 5.41 Å². The quantitative estimate of drug-likeness (QED) is 0.216. The normalized spacial score (nSPS) is 12.1. The van der Waals surface area contributed by atoms with Crippen LogP contribution in [0.5, 0.6) is 5.75 Å². The first-order chi connectivity index (χ1) is 19.3. The Morgan fingerprint density at radius 3 is 1.05 bits per heavy atom. The molecule has 0 fully saturated rings. The third-order valence-electron chi connectivity index (χ3n) is 7.66. The molecule has 0 aliphatic rings. The van der Waals surface area contributed by atoms with Crippen molar-refractivity contribution >= 4 is 0 Å². The van der Waals surface area contributed by atoms with E-state index in [4.69, 9.17) is 0 Å². The third-order valence-corrected chi connectivity index (χ3v) is 7.66. The molecule has 0 aromatic heterocycles. The van der Waals surface area contributed by atoms with Gasteiger partial charge in [-0.3, -0.25) is 0 Å². The van der Waals surface area contributed by atoms with Crippen molar-refractivity contribution in [2.75, 3.05) is 0 Å². The summed E-state index contributed by atoms with van der Waals surface area (Å²) in [6, 6.07) is 59.6. The maximum Gasteiger partial charge on any atom is 0.115 e. The summed E-state index contributed by atoms with van der Waals surface area (Å²) in [5, 5.41) is 9.93. The predicted octanol–water partition coefficient (Wildman–Crippen LogP) is 8.96. The summed E-state index contributed by atoms with van der Waals surface area (Å²) < 4.78 is 0. The van der Waals surface area contributed by atoms with Crippen LogP contribution in [-0.2, 0) is 5.41 Å². The van der Waals surface area contributed by atoms with Gasteiger partial charge in [-0.2, -0.15) is 0 Å². The van der Waals surface area contributed by atoms with Gasteiger partial charge in [0.25, 0.3) is 0 Å². The summed E-state index contributed by atoms with van der Waals surface area (Å²) in [4.78, 5) is 0. The van der Waals surface area contributed by atoms with Gasteiger partial charge in [0.15, 0.2) is 0 Å². The highest BCUT2D eigenvalue weighted by Crippen LogP contribution is 2.45. The van der Waals surface area contributed by atoms with Gasteiger partial charge in [-0.15, -0.1) is 0 Å². The molecule has 1 atom stereocenters. The van der Waals surface area contributed by atoms with Gasteiger partial charge in [-0.1, -0.05) is 158 Å². The molecule has 0 heterocycles. The highest BCUT2D eigenvalue weighted by molar-refractivity contribution is 5.60. The van der Waals surface area contributed by atoms with E-state index in [2.05, 4.69) is 146 Å². The third kappa shape index (κ3) is 4.64. The van der Waals surface area contributed by atoms with E-state index >= 15 is 0 Å². The zero-order chi connectivity index (χ0) is 26.5. The average Bonchev–Trinajstić information content (AvgIpc) is 3.02. The minimum absolute atomic E-state index is 0.0559. The first-order valence-corrected chi connectivity index (χ1v) is 13.4. The molecule has 0 aliphatic heterocycles. The molecule has 0 radical (unpaired) electrons. The summed E-state index contributed by atoms with van der Waals surface area (Å²) in [5.41, 5.74) is 8.01. The second-order valence-corrected chi connectivity index (χ2v) is 9.91. The number of phenolic OH excluding ortho intramolecular Hbond substituents is 1. The largest absolute Gasteiger partial charge is 0.508 e. The van der Waals surface area contributed by atoms with Crippen LogP contribution in [0.4, 0.5) is 0 Å². The lowest BCUT2D eigenvalue weighted by molar-refractivity contribution is 0.475. The maximum absolute atomic E-state index is 9.93. The number of hydrogen-bond donors (Lipinski definition) is 1. The Balaban J connectivity index is 1.56. The van der Waals surface area contributed by atoms with Crippen LogP contribution < -0.4 is 0 Å². The molecular formula is C38H30O. The predicted molar refractivity (Wildman–Crippen MR) is 160 cm³/mol. The van der Waals surface area contributed by atoms with Gasteiger partial charge in [-0.05, 0) is 51.1 Å². The van der Waals surface area contributed by atoms with Gasteiger partial charge in [-0.25, -0.2) is 0 Å². The number of benzene rings is 6. The number of rotatable bonds is 7. The molecule has 1 nitrogen and oxygen atoms in total. The van der Waals surface area contributed by atoms with Gasteiger partial charge in [0.1, 0.15) is 5.75 Å². The van der Waals surface area contributed by atoms with Crippen LogP contribution in [0.15, 0.2) is 170 Å². The molecule has 1 heteroatoms. The zero-order valence-corrected chi connectivity index (χ0v) is 21.7. The van der Waals surface area contributed by atoms with Crippen molar-refractivity contribution in [3.05, 3.63) is 209 Å². The summed E-state index contributed by atoms with van der Waals surface area (Å²) in [6.45, 7) is 0. The van der Waals surface area contributed by atoms with E-state index in [1.807, 2.05) is 12.1 Å². The molecule has 1 N–H and O–H groups in total. The van der Waals surface area contributed by atoms with Crippen molar-refractivity contribution in [2.45, 2.75) is 11.3 Å². The van der Waals surface area contributed by atoms with E-state index in [1.54, 1.807) is 12.1 Å². The molecule has 0 aliphatic carbocycles. The number of hydrogen-bond acceptors (Lipinski definition) is 1. The molecule has 188 valence electrons. The molecule has 0 bridgehead atoms. The topological polar surface area (TPSA) is 20.2 Å². The van der Waals surface area contributed by atoms with Gasteiger partial charge < -0.3 is 5.11 Å². The Kier molecular flexibility index (Phi) is 6.80. The summed E-state index contributed by atoms with van der Waals surface area (Å²) in [6.07, 6.45) is 0. The fraction of sp³-hybridized carbons (Fsp3) is 0.0526. The van der Waals surface area contributed by atoms with Crippen molar-refractivity contribution in [1.82, 2.24) is 0 Å². The maximum atomic E-state index is 9.93. The van der Waals surface area contributed by atoms with Crippen LogP contribution >= 0.6 is 0 Å². The fourth-order valence-corrected chi connectivity index (χ4v) is 5.88. The lowest BCUT2D eigenvalue weighted by Gasteiger charge is -2.37. The Hall–Kier alpha value is -4.88. The van der Waals surface area contributed by atoms with Crippen molar-refractivity contribution < 1.29 is 5.11 Å².